The Balaban J connectivity index is 2.10. The normalized spacial score (nSPS) is 11.7. The van der Waals surface area contributed by atoms with Gasteiger partial charge in [-0.25, -0.2) is 14.3 Å². The van der Waals surface area contributed by atoms with E-state index in [2.05, 4.69) is 4.98 Å². The maximum Gasteiger partial charge on any atom is 0.420 e. The number of nitrogens with two attached hydrogens (primary N) is 1. The van der Waals surface area contributed by atoms with Gasteiger partial charge in [-0.15, -0.1) is 0 Å². The SMILES string of the molecule is CC(C)OC(=O)Cc1cnc2c(c1)c(-c1cccc(N)c1)cn2C(=O)OC(C)(C)C. The average molecular weight is 409 g/mol. The van der Waals surface area contributed by atoms with E-state index in [1.54, 1.807) is 53.1 Å². The van der Waals surface area contributed by atoms with Crippen molar-refractivity contribution < 1.29 is 19.1 Å². The first-order valence-electron chi connectivity index (χ1n) is 9.82. The maximum absolute atomic E-state index is 12.8. The zero-order chi connectivity index (χ0) is 22.1. The van der Waals surface area contributed by atoms with Crippen molar-refractivity contribution in [3.05, 3.63) is 48.3 Å². The second-order valence-corrected chi connectivity index (χ2v) is 8.45. The number of benzene rings is 1. The summed E-state index contributed by atoms with van der Waals surface area (Å²) in [5.41, 5.74) is 8.67. The Hall–Kier alpha value is -3.35. The van der Waals surface area contributed by atoms with Crippen molar-refractivity contribution in [3.63, 3.8) is 0 Å². The van der Waals surface area contributed by atoms with Gasteiger partial charge in [-0.3, -0.25) is 4.79 Å². The van der Waals surface area contributed by atoms with Gasteiger partial charge in [-0.1, -0.05) is 12.1 Å². The number of esters is 1. The molecule has 0 saturated heterocycles. The molecule has 1 aromatic carbocycles. The van der Waals surface area contributed by atoms with E-state index in [9.17, 15) is 9.59 Å². The molecule has 30 heavy (non-hydrogen) atoms. The average Bonchev–Trinajstić information content (AvgIpc) is 2.98. The highest BCUT2D eigenvalue weighted by atomic mass is 16.6. The summed E-state index contributed by atoms with van der Waals surface area (Å²) in [6.45, 7) is 9.03. The molecule has 0 aliphatic carbocycles. The number of pyridine rings is 1. The van der Waals surface area contributed by atoms with Gasteiger partial charge in [-0.2, -0.15) is 0 Å². The van der Waals surface area contributed by atoms with E-state index in [1.165, 1.54) is 4.57 Å². The van der Waals surface area contributed by atoms with E-state index >= 15 is 0 Å². The minimum absolute atomic E-state index is 0.0924. The third kappa shape index (κ3) is 4.97. The summed E-state index contributed by atoms with van der Waals surface area (Å²) < 4.78 is 12.1. The van der Waals surface area contributed by atoms with Crippen LogP contribution in [0.25, 0.3) is 22.2 Å². The minimum Gasteiger partial charge on any atom is -0.463 e. The van der Waals surface area contributed by atoms with Crippen LogP contribution in [-0.4, -0.2) is 33.3 Å². The zero-order valence-corrected chi connectivity index (χ0v) is 17.9. The standard InChI is InChI=1S/C23H27N3O4/c1-14(2)29-20(27)10-15-9-18-19(16-7-6-8-17(24)11-16)13-26(21(18)25-12-15)22(28)30-23(3,4)5/h6-9,11-14H,10,24H2,1-5H3. The molecule has 2 heterocycles. The number of carbonyl (C=O) groups excluding carboxylic acids is 2. The van der Waals surface area contributed by atoms with Crippen LogP contribution in [0.1, 0.15) is 40.2 Å². The smallest absolute Gasteiger partial charge is 0.420 e. The molecule has 0 bridgehead atoms. The minimum atomic E-state index is -0.647. The van der Waals surface area contributed by atoms with E-state index < -0.39 is 11.7 Å². The third-order valence-corrected chi connectivity index (χ3v) is 4.20. The number of anilines is 1. The quantitative estimate of drug-likeness (QED) is 0.501. The first kappa shape index (κ1) is 21.4. The molecule has 7 heteroatoms. The lowest BCUT2D eigenvalue weighted by Crippen LogP contribution is -2.26. The number of carbonyl (C=O) groups is 2. The molecule has 0 unspecified atom stereocenters. The van der Waals surface area contributed by atoms with E-state index in [1.807, 2.05) is 24.3 Å². The summed E-state index contributed by atoms with van der Waals surface area (Å²) in [4.78, 5) is 29.3. The lowest BCUT2D eigenvalue weighted by molar-refractivity contribution is -0.146. The number of hydrogen-bond acceptors (Lipinski definition) is 6. The molecule has 0 fully saturated rings. The Morgan fingerprint density at radius 3 is 2.57 bits per heavy atom. The molecule has 2 aromatic heterocycles. The molecule has 0 saturated carbocycles. The lowest BCUT2D eigenvalue weighted by atomic mass is 10.0. The van der Waals surface area contributed by atoms with Crippen LogP contribution in [0.2, 0.25) is 0 Å². The van der Waals surface area contributed by atoms with Crippen LogP contribution < -0.4 is 5.73 Å². The number of nitrogen functional groups attached to an aromatic ring is 1. The van der Waals surface area contributed by atoms with Gasteiger partial charge in [0.05, 0.1) is 12.5 Å². The summed E-state index contributed by atoms with van der Waals surface area (Å²) in [6, 6.07) is 9.22. The predicted molar refractivity (Wildman–Crippen MR) is 116 cm³/mol. The highest BCUT2D eigenvalue weighted by molar-refractivity contribution is 5.99. The van der Waals surface area contributed by atoms with E-state index in [0.29, 0.717) is 16.9 Å². The van der Waals surface area contributed by atoms with Crippen LogP contribution in [0.4, 0.5) is 10.5 Å². The molecule has 0 amide bonds. The topological polar surface area (TPSA) is 96.4 Å². The van der Waals surface area contributed by atoms with Crippen LogP contribution in [-0.2, 0) is 20.7 Å². The fraction of sp³-hybridized carbons (Fsp3) is 0.348. The Labute approximate surface area is 175 Å². The summed E-state index contributed by atoms with van der Waals surface area (Å²) in [7, 11) is 0. The fourth-order valence-corrected chi connectivity index (χ4v) is 3.11. The number of nitrogens with zero attached hydrogens (tertiary/aromatic N) is 2. The Morgan fingerprint density at radius 1 is 1.20 bits per heavy atom. The first-order chi connectivity index (χ1) is 14.0. The molecule has 158 valence electrons. The molecule has 3 aromatic rings. The lowest BCUT2D eigenvalue weighted by Gasteiger charge is -2.19. The monoisotopic (exact) mass is 409 g/mol. The number of rotatable bonds is 4. The summed E-state index contributed by atoms with van der Waals surface area (Å²) in [6.07, 6.45) is 2.65. The molecule has 0 atom stereocenters. The second-order valence-electron chi connectivity index (χ2n) is 8.45. The van der Waals surface area contributed by atoms with Gasteiger partial charge in [0.2, 0.25) is 0 Å². The Morgan fingerprint density at radius 2 is 1.93 bits per heavy atom. The van der Waals surface area contributed by atoms with Gasteiger partial charge >= 0.3 is 12.1 Å². The molecular weight excluding hydrogens is 382 g/mol. The zero-order valence-electron chi connectivity index (χ0n) is 17.9. The van der Waals surface area contributed by atoms with Crippen LogP contribution in [0, 0.1) is 0 Å². The van der Waals surface area contributed by atoms with Crippen LogP contribution in [0.15, 0.2) is 42.7 Å². The van der Waals surface area contributed by atoms with Crippen LogP contribution >= 0.6 is 0 Å². The molecule has 0 spiro atoms. The van der Waals surface area contributed by atoms with Gasteiger partial charge < -0.3 is 15.2 Å². The highest BCUT2D eigenvalue weighted by Gasteiger charge is 2.22. The van der Waals surface area contributed by atoms with Crippen molar-refractivity contribution >= 4 is 28.8 Å². The summed E-state index contributed by atoms with van der Waals surface area (Å²) in [5.74, 6) is -0.330. The first-order valence-corrected chi connectivity index (χ1v) is 9.82. The maximum atomic E-state index is 12.8. The van der Waals surface area contributed by atoms with Gasteiger partial charge in [0.25, 0.3) is 0 Å². The van der Waals surface area contributed by atoms with E-state index in [4.69, 9.17) is 15.2 Å². The van der Waals surface area contributed by atoms with Crippen molar-refractivity contribution in [1.82, 2.24) is 9.55 Å². The van der Waals surface area contributed by atoms with Gasteiger partial charge in [0, 0.05) is 29.0 Å². The van der Waals surface area contributed by atoms with Crippen LogP contribution in [0.3, 0.4) is 0 Å². The molecule has 0 aliphatic rings. The highest BCUT2D eigenvalue weighted by Crippen LogP contribution is 2.32. The molecule has 0 radical (unpaired) electrons. The number of aromatic nitrogens is 2. The predicted octanol–water partition coefficient (Wildman–Crippen LogP) is 4.56. The third-order valence-electron chi connectivity index (χ3n) is 4.20. The number of hydrogen-bond donors (Lipinski definition) is 1. The molecule has 2 N–H and O–H groups in total. The van der Waals surface area contributed by atoms with Gasteiger partial charge in [-0.05, 0) is 63.9 Å². The van der Waals surface area contributed by atoms with Crippen LogP contribution in [0.5, 0.6) is 0 Å². The molecule has 7 nitrogen and oxygen atoms in total. The Kier molecular flexibility index (Phi) is 5.82. The van der Waals surface area contributed by atoms with E-state index in [0.717, 1.165) is 16.5 Å². The fourth-order valence-electron chi connectivity index (χ4n) is 3.11. The largest absolute Gasteiger partial charge is 0.463 e. The van der Waals surface area contributed by atoms with Crippen molar-refractivity contribution in [2.24, 2.45) is 0 Å². The van der Waals surface area contributed by atoms with Gasteiger partial charge in [0.15, 0.2) is 0 Å². The van der Waals surface area contributed by atoms with E-state index in [-0.39, 0.29) is 18.5 Å². The number of ether oxygens (including phenoxy) is 2. The summed E-state index contributed by atoms with van der Waals surface area (Å²) in [5, 5.41) is 0.723. The second kappa shape index (κ2) is 8.18. The van der Waals surface area contributed by atoms with Crippen molar-refractivity contribution in [1.29, 1.82) is 0 Å². The molecule has 0 aliphatic heterocycles. The molecule has 3 rings (SSSR count). The van der Waals surface area contributed by atoms with Crippen molar-refractivity contribution in [3.8, 4) is 11.1 Å². The van der Waals surface area contributed by atoms with Gasteiger partial charge in [0.1, 0.15) is 11.2 Å². The van der Waals surface area contributed by atoms with Crippen molar-refractivity contribution in [2.45, 2.75) is 52.7 Å². The van der Waals surface area contributed by atoms with Crippen molar-refractivity contribution in [2.75, 3.05) is 5.73 Å². The molecular formula is C23H27N3O4. The number of fused-ring (bicyclic) bond motifs is 1. The Bertz CT molecular complexity index is 1090. The summed E-state index contributed by atoms with van der Waals surface area (Å²) >= 11 is 0.